The molecule has 0 spiro atoms. The van der Waals surface area contributed by atoms with Crippen molar-refractivity contribution < 1.29 is 9.53 Å². The first-order chi connectivity index (χ1) is 10.6. The van der Waals surface area contributed by atoms with Gasteiger partial charge < -0.3 is 4.74 Å². The van der Waals surface area contributed by atoms with Crippen molar-refractivity contribution in [2.24, 2.45) is 0 Å². The van der Waals surface area contributed by atoms with Crippen LogP contribution in [-0.2, 0) is 6.61 Å². The number of pyridine rings is 1. The topological polar surface area (TPSA) is 39.2 Å². The number of rotatable bonds is 4. The first kappa shape index (κ1) is 15.0. The summed E-state index contributed by atoms with van der Waals surface area (Å²) in [6.45, 7) is 0.343. The molecule has 0 aliphatic heterocycles. The molecule has 3 rings (SSSR count). The van der Waals surface area contributed by atoms with Gasteiger partial charge in [0.25, 0.3) is 5.24 Å². The van der Waals surface area contributed by atoms with Gasteiger partial charge in [0.05, 0.1) is 5.52 Å². The minimum atomic E-state index is -0.634. The van der Waals surface area contributed by atoms with Crippen LogP contribution in [0.2, 0.25) is 0 Å². The molecule has 1 aromatic heterocycles. The molecule has 0 radical (unpaired) electrons. The summed E-state index contributed by atoms with van der Waals surface area (Å²) in [4.78, 5) is 15.9. The van der Waals surface area contributed by atoms with Crippen molar-refractivity contribution in [3.63, 3.8) is 0 Å². The van der Waals surface area contributed by atoms with Crippen LogP contribution in [0, 0.1) is 0 Å². The second-order valence-corrected chi connectivity index (χ2v) is 5.89. The van der Waals surface area contributed by atoms with Crippen LogP contribution < -0.4 is 4.74 Å². The lowest BCUT2D eigenvalue weighted by Crippen LogP contribution is -2.03. The van der Waals surface area contributed by atoms with Crippen molar-refractivity contribution >= 4 is 43.7 Å². The van der Waals surface area contributed by atoms with Gasteiger partial charge in [-0.25, -0.2) is 4.98 Å². The molecule has 1 heterocycles. The van der Waals surface area contributed by atoms with E-state index in [-0.39, 0.29) is 5.69 Å². The van der Waals surface area contributed by atoms with E-state index in [1.807, 2.05) is 48.5 Å². The SMILES string of the molecule is O=C(Cl)c1nc2cccc(Br)c2cc1OCc1ccccc1. The Morgan fingerprint density at radius 3 is 2.64 bits per heavy atom. The van der Waals surface area contributed by atoms with E-state index in [4.69, 9.17) is 16.3 Å². The molecule has 2 aromatic carbocycles. The first-order valence-electron chi connectivity index (χ1n) is 6.61. The summed E-state index contributed by atoms with van der Waals surface area (Å²) in [5.74, 6) is 0.378. The highest BCUT2D eigenvalue weighted by molar-refractivity contribution is 9.10. The van der Waals surface area contributed by atoms with Crippen molar-refractivity contribution in [3.8, 4) is 5.75 Å². The third kappa shape index (κ3) is 3.13. The zero-order chi connectivity index (χ0) is 15.5. The molecule has 3 nitrogen and oxygen atoms in total. The Labute approximate surface area is 141 Å². The second kappa shape index (κ2) is 6.46. The normalized spacial score (nSPS) is 10.6. The monoisotopic (exact) mass is 375 g/mol. The number of nitrogens with zero attached hydrogens (tertiary/aromatic N) is 1. The summed E-state index contributed by atoms with van der Waals surface area (Å²) >= 11 is 9.11. The number of hydrogen-bond donors (Lipinski definition) is 0. The molecule has 110 valence electrons. The molecule has 5 heteroatoms. The van der Waals surface area contributed by atoms with Gasteiger partial charge in [-0.3, -0.25) is 4.79 Å². The molecular weight excluding hydrogens is 366 g/mol. The fraction of sp³-hybridized carbons (Fsp3) is 0.0588. The summed E-state index contributed by atoms with van der Waals surface area (Å²) in [5, 5.41) is 0.233. The lowest BCUT2D eigenvalue weighted by Gasteiger charge is -2.11. The Balaban J connectivity index is 2.01. The maximum atomic E-state index is 11.6. The van der Waals surface area contributed by atoms with Crippen LogP contribution in [0.5, 0.6) is 5.75 Å². The van der Waals surface area contributed by atoms with Crippen LogP contribution in [0.4, 0.5) is 0 Å². The van der Waals surface area contributed by atoms with Crippen molar-refractivity contribution in [2.45, 2.75) is 6.61 Å². The highest BCUT2D eigenvalue weighted by Gasteiger charge is 2.15. The molecule has 0 bridgehead atoms. The average molecular weight is 377 g/mol. The molecule has 0 aliphatic carbocycles. The van der Waals surface area contributed by atoms with Crippen LogP contribution in [0.3, 0.4) is 0 Å². The smallest absolute Gasteiger partial charge is 0.274 e. The number of carbonyl (C=O) groups is 1. The molecule has 0 N–H and O–H groups in total. The van der Waals surface area contributed by atoms with Crippen molar-refractivity contribution in [3.05, 3.63) is 70.3 Å². The van der Waals surface area contributed by atoms with E-state index < -0.39 is 5.24 Å². The Kier molecular flexibility index (Phi) is 4.41. The Morgan fingerprint density at radius 2 is 1.91 bits per heavy atom. The molecule has 3 aromatic rings. The number of aromatic nitrogens is 1. The van der Waals surface area contributed by atoms with E-state index in [9.17, 15) is 4.79 Å². The number of hydrogen-bond acceptors (Lipinski definition) is 3. The van der Waals surface area contributed by atoms with Crippen molar-refractivity contribution in [1.29, 1.82) is 0 Å². The minimum Gasteiger partial charge on any atom is -0.486 e. The predicted octanol–water partition coefficient (Wildman–Crippen LogP) is 4.96. The van der Waals surface area contributed by atoms with Gasteiger partial charge in [0.2, 0.25) is 0 Å². The van der Waals surface area contributed by atoms with E-state index >= 15 is 0 Å². The predicted molar refractivity (Wildman–Crippen MR) is 90.4 cm³/mol. The van der Waals surface area contributed by atoms with Gasteiger partial charge in [0, 0.05) is 9.86 Å². The van der Waals surface area contributed by atoms with E-state index in [2.05, 4.69) is 20.9 Å². The summed E-state index contributed by atoms with van der Waals surface area (Å²) in [5.41, 5.74) is 1.82. The fourth-order valence-corrected chi connectivity index (χ4v) is 2.73. The van der Waals surface area contributed by atoms with Crippen LogP contribution in [-0.4, -0.2) is 10.2 Å². The summed E-state index contributed by atoms with van der Waals surface area (Å²) in [6, 6.07) is 17.1. The molecular formula is C17H11BrClNO2. The Morgan fingerprint density at radius 1 is 1.14 bits per heavy atom. The molecule has 0 saturated carbocycles. The number of ether oxygens (including phenoxy) is 1. The van der Waals surface area contributed by atoms with E-state index in [0.29, 0.717) is 17.9 Å². The second-order valence-electron chi connectivity index (χ2n) is 4.69. The van der Waals surface area contributed by atoms with Gasteiger partial charge in [-0.2, -0.15) is 0 Å². The Hall–Kier alpha value is -1.91. The van der Waals surface area contributed by atoms with Gasteiger partial charge >= 0.3 is 0 Å². The summed E-state index contributed by atoms with van der Waals surface area (Å²) < 4.78 is 6.64. The first-order valence-corrected chi connectivity index (χ1v) is 7.78. The van der Waals surface area contributed by atoms with E-state index in [1.165, 1.54) is 0 Å². The minimum absolute atomic E-state index is 0.128. The zero-order valence-electron chi connectivity index (χ0n) is 11.4. The molecule has 0 unspecified atom stereocenters. The van der Waals surface area contributed by atoms with E-state index in [1.54, 1.807) is 6.07 Å². The van der Waals surface area contributed by atoms with Crippen LogP contribution in [0.1, 0.15) is 16.1 Å². The largest absolute Gasteiger partial charge is 0.486 e. The summed E-state index contributed by atoms with van der Waals surface area (Å²) in [6.07, 6.45) is 0. The van der Waals surface area contributed by atoms with Gasteiger partial charge in [-0.1, -0.05) is 52.3 Å². The van der Waals surface area contributed by atoms with Gasteiger partial charge in [0.15, 0.2) is 11.4 Å². The number of benzene rings is 2. The Bertz CT molecular complexity index is 837. The average Bonchev–Trinajstić information content (AvgIpc) is 2.53. The quantitative estimate of drug-likeness (QED) is 0.604. The lowest BCUT2D eigenvalue weighted by molar-refractivity contribution is 0.107. The number of fused-ring (bicyclic) bond motifs is 1. The van der Waals surface area contributed by atoms with Crippen LogP contribution in [0.25, 0.3) is 10.9 Å². The number of carbonyl (C=O) groups excluding carboxylic acids is 1. The fourth-order valence-electron chi connectivity index (χ4n) is 2.13. The summed E-state index contributed by atoms with van der Waals surface area (Å²) in [7, 11) is 0. The third-order valence-electron chi connectivity index (χ3n) is 3.19. The maximum absolute atomic E-state index is 11.6. The molecule has 22 heavy (non-hydrogen) atoms. The zero-order valence-corrected chi connectivity index (χ0v) is 13.8. The van der Waals surface area contributed by atoms with Crippen molar-refractivity contribution in [1.82, 2.24) is 4.98 Å². The van der Waals surface area contributed by atoms with E-state index in [0.717, 1.165) is 15.4 Å². The molecule has 0 amide bonds. The third-order valence-corrected chi connectivity index (χ3v) is 4.06. The standard InChI is InChI=1S/C17H11BrClNO2/c18-13-7-4-8-14-12(13)9-15(16(20-14)17(19)21)22-10-11-5-2-1-3-6-11/h1-9H,10H2. The molecule has 0 atom stereocenters. The molecule has 0 fully saturated rings. The highest BCUT2D eigenvalue weighted by Crippen LogP contribution is 2.29. The number of halogens is 2. The van der Waals surface area contributed by atoms with Gasteiger partial charge in [-0.05, 0) is 35.4 Å². The van der Waals surface area contributed by atoms with Crippen LogP contribution >= 0.6 is 27.5 Å². The molecule has 0 saturated heterocycles. The van der Waals surface area contributed by atoms with Gasteiger partial charge in [0.1, 0.15) is 6.61 Å². The van der Waals surface area contributed by atoms with Crippen LogP contribution in [0.15, 0.2) is 59.1 Å². The maximum Gasteiger partial charge on any atom is 0.274 e. The van der Waals surface area contributed by atoms with Crippen molar-refractivity contribution in [2.75, 3.05) is 0 Å². The highest BCUT2D eigenvalue weighted by atomic mass is 79.9. The lowest BCUT2D eigenvalue weighted by atomic mass is 10.2. The van der Waals surface area contributed by atoms with Gasteiger partial charge in [-0.15, -0.1) is 0 Å². The molecule has 0 aliphatic rings.